The lowest BCUT2D eigenvalue weighted by molar-refractivity contribution is -0.117. The first-order chi connectivity index (χ1) is 15.1. The zero-order valence-corrected chi connectivity index (χ0v) is 16.8. The van der Waals surface area contributed by atoms with Gasteiger partial charge >= 0.3 is 0 Å². The zero-order valence-electron chi connectivity index (χ0n) is 16.8. The molecule has 0 unspecified atom stereocenters. The predicted octanol–water partition coefficient (Wildman–Crippen LogP) is 2.99. The Morgan fingerprint density at radius 2 is 1.84 bits per heavy atom. The summed E-state index contributed by atoms with van der Waals surface area (Å²) >= 11 is 0. The van der Waals surface area contributed by atoms with E-state index >= 15 is 0 Å². The molecule has 6 rings (SSSR count). The van der Waals surface area contributed by atoms with Gasteiger partial charge in [-0.3, -0.25) is 4.79 Å². The molecule has 154 valence electrons. The molecular weight excluding hydrogens is 390 g/mol. The number of Topliss-reactive ketones (excluding diaryl/α,β-unsaturated/α-hetero) is 1. The molecular formula is C24H21N5O2. The number of imidazole rings is 1. The summed E-state index contributed by atoms with van der Waals surface area (Å²) < 4.78 is 1.96. The number of carbonyl (C=O) groups is 1. The van der Waals surface area contributed by atoms with Crippen molar-refractivity contribution < 1.29 is 9.90 Å². The molecule has 7 heteroatoms. The maximum Gasteiger partial charge on any atom is 0.180 e. The Morgan fingerprint density at radius 1 is 1.03 bits per heavy atom. The van der Waals surface area contributed by atoms with Crippen molar-refractivity contribution in [2.24, 2.45) is 0 Å². The van der Waals surface area contributed by atoms with E-state index in [0.29, 0.717) is 31.7 Å². The highest BCUT2D eigenvalue weighted by molar-refractivity contribution is 5.88. The number of nitrogens with one attached hydrogen (secondary N) is 1. The Morgan fingerprint density at radius 3 is 2.65 bits per heavy atom. The van der Waals surface area contributed by atoms with E-state index in [-0.39, 0.29) is 11.9 Å². The summed E-state index contributed by atoms with van der Waals surface area (Å²) in [6, 6.07) is 14.2. The normalized spacial score (nSPS) is 15.9. The lowest BCUT2D eigenvalue weighted by Gasteiger charge is -2.37. The van der Waals surface area contributed by atoms with Crippen molar-refractivity contribution in [3.8, 4) is 11.3 Å². The van der Waals surface area contributed by atoms with Crippen LogP contribution in [0.2, 0.25) is 0 Å². The molecule has 0 spiro atoms. The van der Waals surface area contributed by atoms with Crippen LogP contribution in [-0.4, -0.2) is 44.5 Å². The number of β-amino-alcohol motifs (C(OH)–C–C–N with tert-alkyl or cyclic N) is 1. The van der Waals surface area contributed by atoms with E-state index in [4.69, 9.17) is 4.98 Å². The molecule has 2 aromatic heterocycles. The highest BCUT2D eigenvalue weighted by Gasteiger charge is 2.24. The number of ketones is 1. The van der Waals surface area contributed by atoms with Crippen LogP contribution in [0, 0.1) is 0 Å². The van der Waals surface area contributed by atoms with Crippen molar-refractivity contribution in [3.63, 3.8) is 0 Å². The molecule has 1 aliphatic carbocycles. The van der Waals surface area contributed by atoms with E-state index < -0.39 is 0 Å². The number of aliphatic hydroxyl groups is 1. The van der Waals surface area contributed by atoms with Crippen LogP contribution < -0.4 is 10.2 Å². The average Bonchev–Trinajstić information content (AvgIpc) is 3.37. The molecule has 3 heterocycles. The van der Waals surface area contributed by atoms with Gasteiger partial charge in [0.2, 0.25) is 0 Å². The third kappa shape index (κ3) is 3.23. The van der Waals surface area contributed by atoms with Gasteiger partial charge in [-0.25, -0.2) is 9.97 Å². The van der Waals surface area contributed by atoms with Crippen LogP contribution in [0.25, 0.3) is 16.9 Å². The fourth-order valence-corrected chi connectivity index (χ4v) is 4.32. The maximum atomic E-state index is 11.8. The maximum absolute atomic E-state index is 11.8. The van der Waals surface area contributed by atoms with Crippen LogP contribution in [0.3, 0.4) is 0 Å². The van der Waals surface area contributed by atoms with E-state index in [0.717, 1.165) is 39.4 Å². The molecule has 0 amide bonds. The fourth-order valence-electron chi connectivity index (χ4n) is 4.32. The second-order valence-electron chi connectivity index (χ2n) is 8.24. The van der Waals surface area contributed by atoms with Crippen molar-refractivity contribution in [2.45, 2.75) is 18.9 Å². The van der Waals surface area contributed by atoms with Gasteiger partial charge in [-0.05, 0) is 41.5 Å². The van der Waals surface area contributed by atoms with E-state index in [1.165, 1.54) is 0 Å². The molecule has 1 saturated heterocycles. The second-order valence-corrected chi connectivity index (χ2v) is 8.24. The number of benzene rings is 2. The number of anilines is 3. The van der Waals surface area contributed by atoms with Crippen molar-refractivity contribution in [3.05, 3.63) is 72.2 Å². The molecule has 0 atom stereocenters. The molecule has 2 N–H and O–H groups in total. The Balaban J connectivity index is 1.33. The molecule has 1 aliphatic heterocycles. The minimum absolute atomic E-state index is 0.226. The van der Waals surface area contributed by atoms with Gasteiger partial charge in [0.25, 0.3) is 0 Å². The van der Waals surface area contributed by atoms with Crippen LogP contribution in [0.5, 0.6) is 0 Å². The lowest BCUT2D eigenvalue weighted by atomic mass is 10.0. The zero-order chi connectivity index (χ0) is 20.9. The minimum atomic E-state index is -0.226. The fraction of sp³-hybridized carbons (Fsp3) is 0.208. The number of nitrogens with zero attached hydrogens (tertiary/aromatic N) is 4. The SMILES string of the molecule is O=C1Cc2ccc(-c3cn4ccnc4c(Nc4ccc(N5CC(O)C5)cc4)n3)cc2C1. The molecule has 0 bridgehead atoms. The van der Waals surface area contributed by atoms with Gasteiger partial charge in [0.05, 0.1) is 11.8 Å². The van der Waals surface area contributed by atoms with Gasteiger partial charge in [0.1, 0.15) is 5.78 Å². The predicted molar refractivity (Wildman–Crippen MR) is 119 cm³/mol. The molecule has 4 aromatic rings. The minimum Gasteiger partial charge on any atom is -0.389 e. The van der Waals surface area contributed by atoms with Gasteiger partial charge in [-0.1, -0.05) is 12.1 Å². The summed E-state index contributed by atoms with van der Waals surface area (Å²) in [4.78, 5) is 23.2. The van der Waals surface area contributed by atoms with E-state index in [2.05, 4.69) is 21.3 Å². The van der Waals surface area contributed by atoms with Crippen LogP contribution in [0.15, 0.2) is 61.1 Å². The van der Waals surface area contributed by atoms with Crippen molar-refractivity contribution >= 4 is 28.6 Å². The smallest absolute Gasteiger partial charge is 0.180 e. The molecule has 1 fully saturated rings. The molecule has 2 aromatic carbocycles. The molecule has 31 heavy (non-hydrogen) atoms. The Bertz CT molecular complexity index is 1310. The summed E-state index contributed by atoms with van der Waals surface area (Å²) in [6.45, 7) is 1.36. The Hall–Kier alpha value is -3.71. The number of rotatable bonds is 4. The third-order valence-electron chi connectivity index (χ3n) is 6.01. The monoisotopic (exact) mass is 411 g/mol. The summed E-state index contributed by atoms with van der Waals surface area (Å²) in [6.07, 6.45) is 6.43. The largest absolute Gasteiger partial charge is 0.389 e. The molecule has 0 saturated carbocycles. The number of aromatic nitrogens is 3. The van der Waals surface area contributed by atoms with Gasteiger partial charge < -0.3 is 19.7 Å². The van der Waals surface area contributed by atoms with Crippen molar-refractivity contribution in [1.29, 1.82) is 0 Å². The Labute approximate surface area is 179 Å². The highest BCUT2D eigenvalue weighted by atomic mass is 16.3. The number of hydrogen-bond donors (Lipinski definition) is 2. The quantitative estimate of drug-likeness (QED) is 0.537. The van der Waals surface area contributed by atoms with Crippen molar-refractivity contribution in [1.82, 2.24) is 14.4 Å². The lowest BCUT2D eigenvalue weighted by Crippen LogP contribution is -2.50. The summed E-state index contributed by atoms with van der Waals surface area (Å²) in [5.74, 6) is 0.940. The van der Waals surface area contributed by atoms with E-state index in [1.54, 1.807) is 6.20 Å². The van der Waals surface area contributed by atoms with Crippen LogP contribution in [-0.2, 0) is 17.6 Å². The third-order valence-corrected chi connectivity index (χ3v) is 6.01. The highest BCUT2D eigenvalue weighted by Crippen LogP contribution is 2.29. The van der Waals surface area contributed by atoms with E-state index in [9.17, 15) is 9.90 Å². The number of fused-ring (bicyclic) bond motifs is 2. The number of hydrogen-bond acceptors (Lipinski definition) is 6. The van der Waals surface area contributed by atoms with Gasteiger partial charge in [-0.15, -0.1) is 0 Å². The summed E-state index contributed by atoms with van der Waals surface area (Å²) in [5, 5.41) is 12.9. The summed E-state index contributed by atoms with van der Waals surface area (Å²) in [7, 11) is 0. The first-order valence-electron chi connectivity index (χ1n) is 10.4. The second kappa shape index (κ2) is 6.92. The van der Waals surface area contributed by atoms with Crippen LogP contribution >= 0.6 is 0 Å². The van der Waals surface area contributed by atoms with Gasteiger partial charge in [-0.2, -0.15) is 0 Å². The van der Waals surface area contributed by atoms with Gasteiger partial charge in [0, 0.05) is 61.5 Å². The van der Waals surface area contributed by atoms with Crippen molar-refractivity contribution in [2.75, 3.05) is 23.3 Å². The summed E-state index contributed by atoms with van der Waals surface area (Å²) in [5.41, 5.74) is 6.77. The van der Waals surface area contributed by atoms with Gasteiger partial charge in [0.15, 0.2) is 11.5 Å². The number of carbonyl (C=O) groups excluding carboxylic acids is 1. The van der Waals surface area contributed by atoms with Crippen LogP contribution in [0.1, 0.15) is 11.1 Å². The number of aliphatic hydroxyl groups excluding tert-OH is 1. The molecule has 2 aliphatic rings. The first-order valence-corrected chi connectivity index (χ1v) is 10.4. The molecule has 7 nitrogen and oxygen atoms in total. The van der Waals surface area contributed by atoms with E-state index in [1.807, 2.05) is 53.2 Å². The average molecular weight is 411 g/mol. The Kier molecular flexibility index (Phi) is 4.04. The molecule has 0 radical (unpaired) electrons. The standard InChI is InChI=1S/C24H21N5O2/c30-20-10-15-1-2-16(9-17(15)11-20)22-14-28-8-7-25-24(28)23(27-22)26-18-3-5-19(6-4-18)29-12-21(31)13-29/h1-9,14,21,31H,10-13H2,(H,26,27). The topological polar surface area (TPSA) is 82.8 Å². The van der Waals surface area contributed by atoms with Crippen LogP contribution in [0.4, 0.5) is 17.2 Å². The first kappa shape index (κ1) is 18.1.